The highest BCUT2D eigenvalue weighted by Crippen LogP contribution is 2.18. The molecular formula is C15H25ClN2O. The third-order valence-corrected chi connectivity index (χ3v) is 3.01. The second-order valence-electron chi connectivity index (χ2n) is 4.97. The molecule has 1 aromatic rings. The van der Waals surface area contributed by atoms with E-state index in [1.165, 1.54) is 0 Å². The second kappa shape index (κ2) is 8.94. The Balaban J connectivity index is 0.00000324. The van der Waals surface area contributed by atoms with E-state index in [-0.39, 0.29) is 24.2 Å². The van der Waals surface area contributed by atoms with Crippen molar-refractivity contribution < 1.29 is 4.79 Å². The summed E-state index contributed by atoms with van der Waals surface area (Å²) in [4.78, 5) is 14.4. The van der Waals surface area contributed by atoms with Gasteiger partial charge >= 0.3 is 0 Å². The van der Waals surface area contributed by atoms with Crippen LogP contribution < -0.4 is 5.73 Å². The van der Waals surface area contributed by atoms with Crippen LogP contribution in [0, 0.1) is 5.92 Å². The summed E-state index contributed by atoms with van der Waals surface area (Å²) in [6.45, 7) is 8.14. The van der Waals surface area contributed by atoms with E-state index in [4.69, 9.17) is 5.73 Å². The molecule has 0 saturated carbocycles. The molecule has 0 radical (unpaired) electrons. The van der Waals surface area contributed by atoms with Gasteiger partial charge in [0.05, 0.1) is 5.92 Å². The average molecular weight is 285 g/mol. The van der Waals surface area contributed by atoms with Crippen molar-refractivity contribution in [3.63, 3.8) is 0 Å². The van der Waals surface area contributed by atoms with Gasteiger partial charge in [-0.05, 0) is 18.4 Å². The highest BCUT2D eigenvalue weighted by molar-refractivity contribution is 5.85. The Morgan fingerprint density at radius 2 is 1.84 bits per heavy atom. The van der Waals surface area contributed by atoms with Gasteiger partial charge in [-0.3, -0.25) is 4.79 Å². The maximum Gasteiger partial charge on any atom is 0.231 e. The van der Waals surface area contributed by atoms with Crippen molar-refractivity contribution in [3.05, 3.63) is 35.9 Å². The molecule has 4 heteroatoms. The van der Waals surface area contributed by atoms with Gasteiger partial charge < -0.3 is 10.6 Å². The Morgan fingerprint density at radius 3 is 2.26 bits per heavy atom. The zero-order chi connectivity index (χ0) is 13.5. The number of nitrogens with two attached hydrogens (primary N) is 1. The lowest BCUT2D eigenvalue weighted by atomic mass is 9.97. The Hall–Kier alpha value is -1.06. The maximum absolute atomic E-state index is 12.5. The van der Waals surface area contributed by atoms with E-state index in [9.17, 15) is 4.79 Å². The number of rotatable bonds is 6. The van der Waals surface area contributed by atoms with Crippen LogP contribution >= 0.6 is 12.4 Å². The lowest BCUT2D eigenvalue weighted by Gasteiger charge is -2.27. The van der Waals surface area contributed by atoms with Gasteiger partial charge in [-0.25, -0.2) is 0 Å². The molecule has 0 bridgehead atoms. The molecule has 0 aliphatic heterocycles. The van der Waals surface area contributed by atoms with Crippen molar-refractivity contribution in [2.24, 2.45) is 11.7 Å². The van der Waals surface area contributed by atoms with Crippen molar-refractivity contribution >= 4 is 18.3 Å². The van der Waals surface area contributed by atoms with Crippen molar-refractivity contribution in [2.45, 2.75) is 26.7 Å². The third kappa shape index (κ3) is 5.21. The van der Waals surface area contributed by atoms with Crippen LogP contribution in [0.25, 0.3) is 0 Å². The topological polar surface area (TPSA) is 46.3 Å². The maximum atomic E-state index is 12.5. The fourth-order valence-corrected chi connectivity index (χ4v) is 2.10. The number of hydrogen-bond acceptors (Lipinski definition) is 2. The van der Waals surface area contributed by atoms with Crippen LogP contribution in [-0.2, 0) is 4.79 Å². The first-order valence-electron chi connectivity index (χ1n) is 6.63. The molecule has 0 saturated heterocycles. The van der Waals surface area contributed by atoms with Gasteiger partial charge in [0.25, 0.3) is 0 Å². The van der Waals surface area contributed by atoms with Gasteiger partial charge in [-0.2, -0.15) is 0 Å². The molecular weight excluding hydrogens is 260 g/mol. The van der Waals surface area contributed by atoms with E-state index < -0.39 is 0 Å². The lowest BCUT2D eigenvalue weighted by Crippen LogP contribution is -2.39. The molecule has 1 aromatic carbocycles. The SMILES string of the molecule is CCN(CC(C)C)C(=O)C(CN)c1ccccc1.Cl. The molecule has 1 rings (SSSR count). The summed E-state index contributed by atoms with van der Waals surface area (Å²) in [5.74, 6) is 0.396. The van der Waals surface area contributed by atoms with Gasteiger partial charge in [0.1, 0.15) is 0 Å². The number of benzene rings is 1. The predicted octanol–water partition coefficient (Wildman–Crippen LogP) is 2.66. The van der Waals surface area contributed by atoms with E-state index >= 15 is 0 Å². The molecule has 0 aliphatic rings. The van der Waals surface area contributed by atoms with Gasteiger partial charge in [0, 0.05) is 19.6 Å². The third-order valence-electron chi connectivity index (χ3n) is 3.01. The number of carbonyl (C=O) groups is 1. The van der Waals surface area contributed by atoms with E-state index in [1.807, 2.05) is 42.2 Å². The molecule has 3 nitrogen and oxygen atoms in total. The van der Waals surface area contributed by atoms with Crippen molar-refractivity contribution in [3.8, 4) is 0 Å². The highest BCUT2D eigenvalue weighted by atomic mass is 35.5. The number of nitrogens with zero attached hydrogens (tertiary/aromatic N) is 1. The zero-order valence-electron chi connectivity index (χ0n) is 12.0. The summed E-state index contributed by atoms with van der Waals surface area (Å²) >= 11 is 0. The highest BCUT2D eigenvalue weighted by Gasteiger charge is 2.23. The molecule has 2 N–H and O–H groups in total. The smallest absolute Gasteiger partial charge is 0.231 e. The lowest BCUT2D eigenvalue weighted by molar-refractivity contribution is -0.132. The van der Waals surface area contributed by atoms with Crippen LogP contribution in [0.5, 0.6) is 0 Å². The minimum absolute atomic E-state index is 0. The Morgan fingerprint density at radius 1 is 1.26 bits per heavy atom. The minimum Gasteiger partial charge on any atom is -0.342 e. The largest absolute Gasteiger partial charge is 0.342 e. The second-order valence-corrected chi connectivity index (χ2v) is 4.97. The molecule has 108 valence electrons. The first kappa shape index (κ1) is 17.9. The molecule has 0 aromatic heterocycles. The molecule has 0 aliphatic carbocycles. The summed E-state index contributed by atoms with van der Waals surface area (Å²) in [5, 5.41) is 0. The van der Waals surface area contributed by atoms with Gasteiger partial charge in [0.15, 0.2) is 0 Å². The Labute approximate surface area is 122 Å². The number of halogens is 1. The van der Waals surface area contributed by atoms with Crippen LogP contribution in [0.2, 0.25) is 0 Å². The van der Waals surface area contributed by atoms with E-state index in [2.05, 4.69) is 13.8 Å². The van der Waals surface area contributed by atoms with Crippen molar-refractivity contribution in [1.82, 2.24) is 4.90 Å². The summed E-state index contributed by atoms with van der Waals surface area (Å²) in [7, 11) is 0. The summed E-state index contributed by atoms with van der Waals surface area (Å²) in [5.41, 5.74) is 6.79. The van der Waals surface area contributed by atoms with Crippen molar-refractivity contribution in [2.75, 3.05) is 19.6 Å². The number of carbonyl (C=O) groups excluding carboxylic acids is 1. The van der Waals surface area contributed by atoms with E-state index in [1.54, 1.807) is 0 Å². The van der Waals surface area contributed by atoms with E-state index in [0.717, 1.165) is 18.7 Å². The minimum atomic E-state index is -0.218. The summed E-state index contributed by atoms with van der Waals surface area (Å²) in [6, 6.07) is 9.79. The Bertz CT molecular complexity index is 368. The zero-order valence-corrected chi connectivity index (χ0v) is 12.8. The van der Waals surface area contributed by atoms with Crippen LogP contribution in [-0.4, -0.2) is 30.4 Å². The number of likely N-dealkylation sites (N-methyl/N-ethyl adjacent to an activating group) is 1. The first-order valence-corrected chi connectivity index (χ1v) is 6.63. The van der Waals surface area contributed by atoms with Crippen LogP contribution in [0.3, 0.4) is 0 Å². The normalized spacial score (nSPS) is 11.8. The number of amides is 1. The molecule has 0 fully saturated rings. The Kier molecular flexibility index (Phi) is 8.44. The van der Waals surface area contributed by atoms with Gasteiger partial charge in [-0.1, -0.05) is 44.2 Å². The fraction of sp³-hybridized carbons (Fsp3) is 0.533. The van der Waals surface area contributed by atoms with Crippen LogP contribution in [0.4, 0.5) is 0 Å². The van der Waals surface area contributed by atoms with Gasteiger partial charge in [0.2, 0.25) is 5.91 Å². The van der Waals surface area contributed by atoms with Gasteiger partial charge in [-0.15, -0.1) is 12.4 Å². The van der Waals surface area contributed by atoms with Crippen LogP contribution in [0.15, 0.2) is 30.3 Å². The molecule has 1 amide bonds. The molecule has 0 heterocycles. The monoisotopic (exact) mass is 284 g/mol. The molecule has 19 heavy (non-hydrogen) atoms. The quantitative estimate of drug-likeness (QED) is 0.873. The summed E-state index contributed by atoms with van der Waals surface area (Å²) in [6.07, 6.45) is 0. The molecule has 1 atom stereocenters. The molecule has 1 unspecified atom stereocenters. The summed E-state index contributed by atoms with van der Waals surface area (Å²) < 4.78 is 0. The fourth-order valence-electron chi connectivity index (χ4n) is 2.10. The number of hydrogen-bond donors (Lipinski definition) is 1. The molecule has 0 spiro atoms. The average Bonchev–Trinajstić information content (AvgIpc) is 2.37. The predicted molar refractivity (Wildman–Crippen MR) is 82.6 cm³/mol. The first-order chi connectivity index (χ1) is 8.60. The standard InChI is InChI=1S/C15H24N2O.ClH/c1-4-17(11-12(2)3)15(18)14(10-16)13-8-6-5-7-9-13;/h5-9,12,14H,4,10-11,16H2,1-3H3;1H. The van der Waals surface area contributed by atoms with Crippen molar-refractivity contribution in [1.29, 1.82) is 0 Å². The van der Waals surface area contributed by atoms with E-state index in [0.29, 0.717) is 12.5 Å². The van der Waals surface area contributed by atoms with Crippen LogP contribution in [0.1, 0.15) is 32.3 Å².